The number of piperidine rings is 1. The molecule has 2 aliphatic rings. The second-order valence-electron chi connectivity index (χ2n) is 6.48. The average molecular weight is 355 g/mol. The number of hydrogen-bond donors (Lipinski definition) is 0. The van der Waals surface area contributed by atoms with Gasteiger partial charge in [0.15, 0.2) is 11.5 Å². The first-order chi connectivity index (χ1) is 11.5. The molecule has 1 fully saturated rings. The predicted octanol–water partition coefficient (Wildman–Crippen LogP) is 2.18. The predicted molar refractivity (Wildman–Crippen MR) is 90.9 cm³/mol. The first kappa shape index (κ1) is 17.5. The van der Waals surface area contributed by atoms with Crippen LogP contribution in [-0.4, -0.2) is 52.0 Å². The Hall–Kier alpha value is -1.31. The third-order valence-electron chi connectivity index (χ3n) is 4.32. The first-order valence-electron chi connectivity index (χ1n) is 8.49. The van der Waals surface area contributed by atoms with Crippen LogP contribution in [-0.2, 0) is 20.8 Å². The zero-order chi connectivity index (χ0) is 17.0. The van der Waals surface area contributed by atoms with E-state index in [1.54, 1.807) is 0 Å². The van der Waals surface area contributed by atoms with Gasteiger partial charge in [-0.05, 0) is 43.6 Å². The third kappa shape index (κ3) is 5.09. The van der Waals surface area contributed by atoms with Gasteiger partial charge in [-0.15, -0.1) is 0 Å². The largest absolute Gasteiger partial charge is 0.486 e. The molecular formula is C17H25NO5S. The summed E-state index contributed by atoms with van der Waals surface area (Å²) < 4.78 is 38.5. The van der Waals surface area contributed by atoms with Crippen molar-refractivity contribution in [2.24, 2.45) is 0 Å². The van der Waals surface area contributed by atoms with Crippen LogP contribution in [0.5, 0.6) is 11.5 Å². The topological polar surface area (TPSA) is 65.1 Å². The van der Waals surface area contributed by atoms with Crippen molar-refractivity contribution in [3.63, 3.8) is 0 Å². The molecule has 0 aliphatic carbocycles. The van der Waals surface area contributed by atoms with E-state index in [0.29, 0.717) is 13.0 Å². The minimum absolute atomic E-state index is 0.107. The van der Waals surface area contributed by atoms with E-state index in [0.717, 1.165) is 37.4 Å². The monoisotopic (exact) mass is 355 g/mol. The summed E-state index contributed by atoms with van der Waals surface area (Å²) in [6.07, 6.45) is 5.20. The summed E-state index contributed by atoms with van der Waals surface area (Å²) in [5.74, 6) is 1.48. The highest BCUT2D eigenvalue weighted by atomic mass is 32.2. The van der Waals surface area contributed by atoms with Crippen LogP contribution in [0, 0.1) is 0 Å². The van der Waals surface area contributed by atoms with E-state index in [1.165, 1.54) is 24.8 Å². The lowest BCUT2D eigenvalue weighted by Gasteiger charge is -2.29. The van der Waals surface area contributed by atoms with Gasteiger partial charge in [0, 0.05) is 13.0 Å². The third-order valence-corrected chi connectivity index (χ3v) is 4.91. The van der Waals surface area contributed by atoms with Gasteiger partial charge in [0.25, 0.3) is 10.1 Å². The summed E-state index contributed by atoms with van der Waals surface area (Å²) in [6.45, 7) is 3.75. The fourth-order valence-electron chi connectivity index (χ4n) is 3.11. The van der Waals surface area contributed by atoms with E-state index in [2.05, 4.69) is 11.0 Å². The summed E-state index contributed by atoms with van der Waals surface area (Å²) in [7, 11) is -3.41. The molecule has 3 rings (SSSR count). The number of hydrogen-bond acceptors (Lipinski definition) is 6. The maximum Gasteiger partial charge on any atom is 0.264 e. The Labute approximate surface area is 143 Å². The molecule has 24 heavy (non-hydrogen) atoms. The number of ether oxygens (including phenoxy) is 2. The fourth-order valence-corrected chi connectivity index (χ4v) is 3.51. The molecule has 0 N–H and O–H groups in total. The molecule has 134 valence electrons. The van der Waals surface area contributed by atoms with Crippen molar-refractivity contribution in [2.45, 2.75) is 38.3 Å². The fraction of sp³-hybridized carbons (Fsp3) is 0.647. The summed E-state index contributed by atoms with van der Waals surface area (Å²) in [5, 5.41) is 0. The summed E-state index contributed by atoms with van der Waals surface area (Å²) in [4.78, 5) is 2.46. The molecule has 0 spiro atoms. The van der Waals surface area contributed by atoms with E-state index in [1.807, 2.05) is 12.1 Å². The Morgan fingerprint density at radius 2 is 2.00 bits per heavy atom. The first-order valence-corrected chi connectivity index (χ1v) is 10.3. The molecule has 1 aromatic carbocycles. The van der Waals surface area contributed by atoms with E-state index in [-0.39, 0.29) is 12.7 Å². The van der Waals surface area contributed by atoms with Crippen molar-refractivity contribution in [2.75, 3.05) is 32.6 Å². The molecule has 0 radical (unpaired) electrons. The van der Waals surface area contributed by atoms with Crippen molar-refractivity contribution < 1.29 is 22.1 Å². The quantitative estimate of drug-likeness (QED) is 0.729. The minimum Gasteiger partial charge on any atom is -0.486 e. The van der Waals surface area contributed by atoms with Crippen LogP contribution in [0.3, 0.4) is 0 Å². The number of fused-ring (bicyclic) bond motifs is 1. The Balaban J connectivity index is 1.57. The van der Waals surface area contributed by atoms with Gasteiger partial charge in [0.05, 0.1) is 12.9 Å². The normalized spacial score (nSPS) is 21.6. The second kappa shape index (κ2) is 7.72. The van der Waals surface area contributed by atoms with Crippen LogP contribution >= 0.6 is 0 Å². The number of nitrogens with zero attached hydrogens (tertiary/aromatic N) is 1. The summed E-state index contributed by atoms with van der Waals surface area (Å²) in [6, 6.07) is 6.08. The molecule has 7 heteroatoms. The van der Waals surface area contributed by atoms with Crippen LogP contribution in [0.15, 0.2) is 18.2 Å². The maximum absolute atomic E-state index is 11.0. The number of likely N-dealkylation sites (tertiary alicyclic amines) is 1. The van der Waals surface area contributed by atoms with Gasteiger partial charge in [-0.25, -0.2) is 0 Å². The van der Waals surface area contributed by atoms with Crippen molar-refractivity contribution >= 4 is 10.1 Å². The second-order valence-corrected chi connectivity index (χ2v) is 8.13. The SMILES string of the molecule is CS(=O)(=O)OCCC1COc2ccc(CN3CCCCC3)cc2O1. The molecule has 1 aromatic rings. The maximum atomic E-state index is 11.0. The van der Waals surface area contributed by atoms with Gasteiger partial charge in [-0.3, -0.25) is 9.08 Å². The van der Waals surface area contributed by atoms with Gasteiger partial charge in [-0.1, -0.05) is 12.5 Å². The summed E-state index contributed by atoms with van der Waals surface area (Å²) in [5.41, 5.74) is 1.22. The summed E-state index contributed by atoms with van der Waals surface area (Å²) >= 11 is 0. The van der Waals surface area contributed by atoms with Crippen molar-refractivity contribution in [1.82, 2.24) is 4.90 Å². The molecule has 0 saturated carbocycles. The van der Waals surface area contributed by atoms with E-state index in [9.17, 15) is 8.42 Å². The molecule has 1 saturated heterocycles. The zero-order valence-electron chi connectivity index (χ0n) is 14.1. The molecule has 6 nitrogen and oxygen atoms in total. The van der Waals surface area contributed by atoms with Gasteiger partial charge < -0.3 is 9.47 Å². The van der Waals surface area contributed by atoms with Crippen LogP contribution in [0.2, 0.25) is 0 Å². The lowest BCUT2D eigenvalue weighted by Crippen LogP contribution is -2.31. The average Bonchev–Trinajstić information content (AvgIpc) is 2.54. The highest BCUT2D eigenvalue weighted by Crippen LogP contribution is 2.33. The van der Waals surface area contributed by atoms with Gasteiger partial charge in [-0.2, -0.15) is 8.42 Å². The van der Waals surface area contributed by atoms with Crippen LogP contribution in [0.25, 0.3) is 0 Å². The van der Waals surface area contributed by atoms with Gasteiger partial charge >= 0.3 is 0 Å². The number of benzene rings is 1. The molecule has 2 heterocycles. The molecule has 2 aliphatic heterocycles. The van der Waals surface area contributed by atoms with Crippen LogP contribution in [0.1, 0.15) is 31.2 Å². The highest BCUT2D eigenvalue weighted by molar-refractivity contribution is 7.85. The Morgan fingerprint density at radius 1 is 1.21 bits per heavy atom. The van der Waals surface area contributed by atoms with E-state index >= 15 is 0 Å². The Bertz CT molecular complexity index is 655. The molecule has 0 aromatic heterocycles. The molecule has 1 atom stereocenters. The van der Waals surface area contributed by atoms with E-state index < -0.39 is 10.1 Å². The van der Waals surface area contributed by atoms with Crippen molar-refractivity contribution in [1.29, 1.82) is 0 Å². The molecule has 0 bridgehead atoms. The number of rotatable bonds is 6. The van der Waals surface area contributed by atoms with Gasteiger partial charge in [0.2, 0.25) is 0 Å². The zero-order valence-corrected chi connectivity index (χ0v) is 14.9. The lowest BCUT2D eigenvalue weighted by molar-refractivity contribution is 0.0740. The standard InChI is InChI=1S/C17H25NO5S/c1-24(19,20)22-10-7-15-13-21-16-6-5-14(11-17(16)23-15)12-18-8-3-2-4-9-18/h5-6,11,15H,2-4,7-10,12-13H2,1H3. The lowest BCUT2D eigenvalue weighted by atomic mass is 10.1. The van der Waals surface area contributed by atoms with Crippen molar-refractivity contribution in [3.8, 4) is 11.5 Å². The Morgan fingerprint density at radius 3 is 2.75 bits per heavy atom. The van der Waals surface area contributed by atoms with Crippen LogP contribution < -0.4 is 9.47 Å². The van der Waals surface area contributed by atoms with Gasteiger partial charge in [0.1, 0.15) is 12.7 Å². The van der Waals surface area contributed by atoms with Crippen LogP contribution in [0.4, 0.5) is 0 Å². The molecule has 1 unspecified atom stereocenters. The molecular weight excluding hydrogens is 330 g/mol. The van der Waals surface area contributed by atoms with Crippen molar-refractivity contribution in [3.05, 3.63) is 23.8 Å². The smallest absolute Gasteiger partial charge is 0.264 e. The molecule has 0 amide bonds. The highest BCUT2D eigenvalue weighted by Gasteiger charge is 2.22. The minimum atomic E-state index is -3.41. The van der Waals surface area contributed by atoms with E-state index in [4.69, 9.17) is 13.7 Å². The Kier molecular flexibility index (Phi) is 5.63.